The van der Waals surface area contributed by atoms with Crippen LogP contribution in [0.1, 0.15) is 15.2 Å². The van der Waals surface area contributed by atoms with E-state index in [2.05, 4.69) is 5.32 Å². The SMILES string of the molecule is O=C(NC(Cc1ccccc1)C(=O)O)c1cc2cc(F)ccc2s1. The maximum absolute atomic E-state index is 13.2. The lowest BCUT2D eigenvalue weighted by atomic mass is 10.1. The highest BCUT2D eigenvalue weighted by molar-refractivity contribution is 7.20. The van der Waals surface area contributed by atoms with Gasteiger partial charge < -0.3 is 10.4 Å². The van der Waals surface area contributed by atoms with Crippen molar-refractivity contribution >= 4 is 33.3 Å². The summed E-state index contributed by atoms with van der Waals surface area (Å²) in [5.74, 6) is -1.95. The molecule has 0 saturated heterocycles. The summed E-state index contributed by atoms with van der Waals surface area (Å²) < 4.78 is 14.0. The minimum absolute atomic E-state index is 0.196. The van der Waals surface area contributed by atoms with Crippen molar-refractivity contribution in [1.29, 1.82) is 0 Å². The minimum atomic E-state index is -1.10. The molecule has 1 heterocycles. The van der Waals surface area contributed by atoms with Crippen LogP contribution in [-0.2, 0) is 11.2 Å². The lowest BCUT2D eigenvalue weighted by Gasteiger charge is -2.14. The normalized spacial score (nSPS) is 12.0. The van der Waals surface area contributed by atoms with Crippen LogP contribution in [-0.4, -0.2) is 23.0 Å². The summed E-state index contributed by atoms with van der Waals surface area (Å²) in [6, 6.07) is 13.9. The van der Waals surface area contributed by atoms with Crippen molar-refractivity contribution in [2.75, 3.05) is 0 Å². The van der Waals surface area contributed by atoms with E-state index in [1.54, 1.807) is 12.1 Å². The molecule has 0 radical (unpaired) electrons. The van der Waals surface area contributed by atoms with E-state index in [9.17, 15) is 19.1 Å². The van der Waals surface area contributed by atoms with Gasteiger partial charge in [0.25, 0.3) is 5.91 Å². The summed E-state index contributed by atoms with van der Waals surface area (Å²) >= 11 is 1.20. The van der Waals surface area contributed by atoms with Gasteiger partial charge in [0.2, 0.25) is 0 Å². The van der Waals surface area contributed by atoms with Gasteiger partial charge in [-0.15, -0.1) is 11.3 Å². The number of aliphatic carboxylic acids is 1. The predicted molar refractivity (Wildman–Crippen MR) is 90.8 cm³/mol. The number of carbonyl (C=O) groups is 2. The molecule has 3 aromatic rings. The molecule has 1 atom stereocenters. The molecule has 4 nitrogen and oxygen atoms in total. The molecule has 0 saturated carbocycles. The number of benzene rings is 2. The van der Waals surface area contributed by atoms with E-state index in [0.29, 0.717) is 10.3 Å². The van der Waals surface area contributed by atoms with Gasteiger partial charge in [-0.2, -0.15) is 0 Å². The number of nitrogens with one attached hydrogen (secondary N) is 1. The van der Waals surface area contributed by atoms with Crippen molar-refractivity contribution in [3.63, 3.8) is 0 Å². The van der Waals surface area contributed by atoms with Crippen molar-refractivity contribution in [2.45, 2.75) is 12.5 Å². The van der Waals surface area contributed by atoms with E-state index in [0.717, 1.165) is 10.3 Å². The topological polar surface area (TPSA) is 66.4 Å². The van der Waals surface area contributed by atoms with Gasteiger partial charge in [-0.05, 0) is 35.2 Å². The van der Waals surface area contributed by atoms with Crippen LogP contribution < -0.4 is 5.32 Å². The van der Waals surface area contributed by atoms with Crippen molar-refractivity contribution in [3.8, 4) is 0 Å². The lowest BCUT2D eigenvalue weighted by Crippen LogP contribution is -2.42. The Labute approximate surface area is 141 Å². The number of carbonyl (C=O) groups excluding carboxylic acids is 1. The molecule has 1 amide bonds. The molecule has 1 aromatic heterocycles. The molecule has 0 aliphatic heterocycles. The summed E-state index contributed by atoms with van der Waals surface area (Å²) in [7, 11) is 0. The van der Waals surface area contributed by atoms with Crippen LogP contribution in [0.3, 0.4) is 0 Å². The molecular formula is C18H14FNO3S. The first-order chi connectivity index (χ1) is 11.5. The summed E-state index contributed by atoms with van der Waals surface area (Å²) in [4.78, 5) is 24.1. The predicted octanol–water partition coefficient (Wildman–Crippen LogP) is 3.47. The van der Waals surface area contributed by atoms with Crippen LogP contribution in [0.25, 0.3) is 10.1 Å². The Hall–Kier alpha value is -2.73. The van der Waals surface area contributed by atoms with Crippen LogP contribution in [0.15, 0.2) is 54.6 Å². The summed E-state index contributed by atoms with van der Waals surface area (Å²) in [6.45, 7) is 0. The molecule has 122 valence electrons. The van der Waals surface area contributed by atoms with Gasteiger partial charge in [0.05, 0.1) is 4.88 Å². The van der Waals surface area contributed by atoms with Gasteiger partial charge in [0.1, 0.15) is 11.9 Å². The second-order valence-corrected chi connectivity index (χ2v) is 6.43. The smallest absolute Gasteiger partial charge is 0.326 e. The van der Waals surface area contributed by atoms with Crippen LogP contribution in [0, 0.1) is 5.82 Å². The Morgan fingerprint density at radius 3 is 2.58 bits per heavy atom. The fourth-order valence-corrected chi connectivity index (χ4v) is 3.35. The van der Waals surface area contributed by atoms with Gasteiger partial charge in [-0.1, -0.05) is 30.3 Å². The number of hydrogen-bond donors (Lipinski definition) is 2. The number of halogens is 1. The number of carboxylic acid groups (broad SMARTS) is 1. The molecule has 1 unspecified atom stereocenters. The second-order valence-electron chi connectivity index (χ2n) is 5.35. The number of carboxylic acids is 1. The van der Waals surface area contributed by atoms with Gasteiger partial charge >= 0.3 is 5.97 Å². The average molecular weight is 343 g/mol. The van der Waals surface area contributed by atoms with E-state index in [1.807, 2.05) is 30.3 Å². The van der Waals surface area contributed by atoms with E-state index >= 15 is 0 Å². The van der Waals surface area contributed by atoms with Crippen LogP contribution in [0.5, 0.6) is 0 Å². The first kappa shape index (κ1) is 16.1. The van der Waals surface area contributed by atoms with Crippen LogP contribution >= 0.6 is 11.3 Å². The summed E-state index contributed by atoms with van der Waals surface area (Å²) in [5, 5.41) is 12.5. The molecule has 6 heteroatoms. The highest BCUT2D eigenvalue weighted by atomic mass is 32.1. The zero-order chi connectivity index (χ0) is 17.1. The molecule has 24 heavy (non-hydrogen) atoms. The first-order valence-corrected chi connectivity index (χ1v) is 8.11. The van der Waals surface area contributed by atoms with Crippen molar-refractivity contribution in [3.05, 3.63) is 70.9 Å². The molecule has 0 fully saturated rings. The maximum Gasteiger partial charge on any atom is 0.326 e. The molecule has 2 aromatic carbocycles. The first-order valence-electron chi connectivity index (χ1n) is 7.29. The number of amides is 1. The molecule has 3 rings (SSSR count). The Balaban J connectivity index is 1.78. The standard InChI is InChI=1S/C18H14FNO3S/c19-13-6-7-15-12(9-13)10-16(24-15)17(21)20-14(18(22)23)8-11-4-2-1-3-5-11/h1-7,9-10,14H,8H2,(H,20,21)(H,22,23). The average Bonchev–Trinajstić information content (AvgIpc) is 2.98. The number of rotatable bonds is 5. The Bertz CT molecular complexity index is 892. The van der Waals surface area contributed by atoms with E-state index in [1.165, 1.54) is 23.5 Å². The molecule has 2 N–H and O–H groups in total. The second kappa shape index (κ2) is 6.80. The fourth-order valence-electron chi connectivity index (χ4n) is 2.41. The monoisotopic (exact) mass is 343 g/mol. The van der Waals surface area contributed by atoms with Gasteiger partial charge in [0, 0.05) is 11.1 Å². The molecule has 0 aliphatic carbocycles. The Morgan fingerprint density at radius 2 is 1.88 bits per heavy atom. The Kier molecular flexibility index (Phi) is 4.57. The summed E-state index contributed by atoms with van der Waals surface area (Å²) in [5.41, 5.74) is 0.823. The minimum Gasteiger partial charge on any atom is -0.480 e. The zero-order valence-corrected chi connectivity index (χ0v) is 13.3. The highest BCUT2D eigenvalue weighted by Crippen LogP contribution is 2.26. The van der Waals surface area contributed by atoms with Crippen molar-refractivity contribution in [2.24, 2.45) is 0 Å². The largest absolute Gasteiger partial charge is 0.480 e. The van der Waals surface area contributed by atoms with Gasteiger partial charge in [0.15, 0.2) is 0 Å². The quantitative estimate of drug-likeness (QED) is 0.745. The highest BCUT2D eigenvalue weighted by Gasteiger charge is 2.22. The summed E-state index contributed by atoms with van der Waals surface area (Å²) in [6.07, 6.45) is 0.196. The van der Waals surface area contributed by atoms with E-state index in [4.69, 9.17) is 0 Å². The zero-order valence-electron chi connectivity index (χ0n) is 12.5. The number of fused-ring (bicyclic) bond motifs is 1. The van der Waals surface area contributed by atoms with E-state index in [-0.39, 0.29) is 12.2 Å². The van der Waals surface area contributed by atoms with Gasteiger partial charge in [-0.3, -0.25) is 4.79 Å². The molecule has 0 aliphatic rings. The third-order valence-corrected chi connectivity index (χ3v) is 4.70. The third kappa shape index (κ3) is 3.60. The molecule has 0 spiro atoms. The number of hydrogen-bond acceptors (Lipinski definition) is 3. The number of thiophene rings is 1. The van der Waals surface area contributed by atoms with Gasteiger partial charge in [-0.25, -0.2) is 9.18 Å². The van der Waals surface area contributed by atoms with Crippen LogP contribution in [0.2, 0.25) is 0 Å². The van der Waals surface area contributed by atoms with Crippen molar-refractivity contribution < 1.29 is 19.1 Å². The Morgan fingerprint density at radius 1 is 1.12 bits per heavy atom. The third-order valence-electron chi connectivity index (χ3n) is 3.59. The van der Waals surface area contributed by atoms with E-state index < -0.39 is 17.9 Å². The molecule has 0 bridgehead atoms. The lowest BCUT2D eigenvalue weighted by molar-refractivity contribution is -0.139. The van der Waals surface area contributed by atoms with Crippen LogP contribution in [0.4, 0.5) is 4.39 Å². The molecular weight excluding hydrogens is 329 g/mol. The van der Waals surface area contributed by atoms with Crippen molar-refractivity contribution in [1.82, 2.24) is 5.32 Å². The fraction of sp³-hybridized carbons (Fsp3) is 0.111. The maximum atomic E-state index is 13.2.